The molecule has 2 N–H and O–H groups in total. The van der Waals surface area contributed by atoms with Gasteiger partial charge in [0.2, 0.25) is 0 Å². The van der Waals surface area contributed by atoms with Crippen molar-refractivity contribution >= 4 is 35.3 Å². The van der Waals surface area contributed by atoms with Crippen molar-refractivity contribution < 1.29 is 23.8 Å². The summed E-state index contributed by atoms with van der Waals surface area (Å²) >= 11 is 6.09. The number of rotatable bonds is 12. The zero-order valence-corrected chi connectivity index (χ0v) is 22.6. The molecular weight excluding hydrogens is 530 g/mol. The fourth-order valence-corrected chi connectivity index (χ4v) is 3.79. The lowest BCUT2D eigenvalue weighted by Crippen LogP contribution is -2.21. The molecular formula is C31H28ClN3O5. The minimum atomic E-state index is -0.427. The minimum absolute atomic E-state index is 0.235. The van der Waals surface area contributed by atoms with Gasteiger partial charge in [-0.1, -0.05) is 66.2 Å². The van der Waals surface area contributed by atoms with Crippen LogP contribution in [0.4, 0.5) is 5.69 Å². The lowest BCUT2D eigenvalue weighted by Gasteiger charge is -2.13. The number of benzene rings is 4. The quantitative estimate of drug-likeness (QED) is 0.162. The highest BCUT2D eigenvalue weighted by Crippen LogP contribution is 2.29. The lowest BCUT2D eigenvalue weighted by atomic mass is 10.2. The molecule has 0 atom stereocenters. The Bertz CT molecular complexity index is 1480. The average molecular weight is 558 g/mol. The molecule has 0 aliphatic rings. The molecule has 0 bridgehead atoms. The van der Waals surface area contributed by atoms with Crippen molar-refractivity contribution in [3.63, 3.8) is 0 Å². The zero-order chi connectivity index (χ0) is 28.2. The van der Waals surface area contributed by atoms with E-state index in [9.17, 15) is 9.59 Å². The number of hydrogen-bond donors (Lipinski definition) is 2. The number of amides is 2. The first-order chi connectivity index (χ1) is 19.5. The summed E-state index contributed by atoms with van der Waals surface area (Å²) in [6, 6.07) is 28.7. The topological polar surface area (TPSA) is 98.3 Å². The van der Waals surface area contributed by atoms with E-state index in [2.05, 4.69) is 15.8 Å². The highest BCUT2D eigenvalue weighted by Gasteiger charge is 2.12. The van der Waals surface area contributed by atoms with Crippen molar-refractivity contribution in [1.29, 1.82) is 0 Å². The Labute approximate surface area is 237 Å². The second kappa shape index (κ2) is 14.4. The third kappa shape index (κ3) is 8.09. The number of carbonyl (C=O) groups is 2. The first kappa shape index (κ1) is 28.2. The van der Waals surface area contributed by atoms with Crippen molar-refractivity contribution in [2.45, 2.75) is 13.5 Å². The molecule has 204 valence electrons. The van der Waals surface area contributed by atoms with Gasteiger partial charge in [0.15, 0.2) is 18.1 Å². The van der Waals surface area contributed by atoms with Crippen LogP contribution in [0.5, 0.6) is 17.2 Å². The van der Waals surface area contributed by atoms with Crippen LogP contribution in [0.25, 0.3) is 0 Å². The van der Waals surface area contributed by atoms with Crippen molar-refractivity contribution in [2.24, 2.45) is 5.10 Å². The maximum atomic E-state index is 12.8. The van der Waals surface area contributed by atoms with Gasteiger partial charge >= 0.3 is 0 Å². The molecule has 0 saturated heterocycles. The maximum Gasteiger partial charge on any atom is 0.271 e. The normalized spacial score (nSPS) is 10.7. The molecule has 4 rings (SSSR count). The summed E-state index contributed by atoms with van der Waals surface area (Å²) in [5.41, 5.74) is 4.96. The first-order valence-corrected chi connectivity index (χ1v) is 12.9. The predicted octanol–water partition coefficient (Wildman–Crippen LogP) is 6.10. The fraction of sp³-hybridized carbons (Fsp3) is 0.129. The van der Waals surface area contributed by atoms with E-state index in [1.165, 1.54) is 6.21 Å². The third-order valence-corrected chi connectivity index (χ3v) is 5.87. The van der Waals surface area contributed by atoms with Gasteiger partial charge in [0.05, 0.1) is 23.5 Å². The van der Waals surface area contributed by atoms with Gasteiger partial charge in [0, 0.05) is 11.1 Å². The van der Waals surface area contributed by atoms with Crippen LogP contribution in [0.2, 0.25) is 5.02 Å². The molecule has 0 radical (unpaired) electrons. The highest BCUT2D eigenvalue weighted by atomic mass is 35.5. The molecule has 0 unspecified atom stereocenters. The Balaban J connectivity index is 1.35. The van der Waals surface area contributed by atoms with Crippen LogP contribution in [0.1, 0.15) is 28.4 Å². The smallest absolute Gasteiger partial charge is 0.271 e. The van der Waals surface area contributed by atoms with Crippen LogP contribution >= 0.6 is 11.6 Å². The Hall–Kier alpha value is -4.82. The molecule has 0 fully saturated rings. The Kier molecular flexibility index (Phi) is 10.1. The van der Waals surface area contributed by atoms with E-state index in [0.29, 0.717) is 52.3 Å². The number of hydrazone groups is 1. The van der Waals surface area contributed by atoms with E-state index < -0.39 is 5.91 Å². The molecule has 0 aromatic heterocycles. The molecule has 0 aliphatic heterocycles. The molecule has 9 heteroatoms. The molecule has 2 amide bonds. The number of halogens is 1. The number of nitrogens with one attached hydrogen (secondary N) is 2. The van der Waals surface area contributed by atoms with Crippen molar-refractivity contribution in [2.75, 3.05) is 18.5 Å². The van der Waals surface area contributed by atoms with Crippen LogP contribution in [-0.2, 0) is 11.4 Å². The largest absolute Gasteiger partial charge is 0.490 e. The highest BCUT2D eigenvalue weighted by molar-refractivity contribution is 6.33. The number of hydrogen-bond acceptors (Lipinski definition) is 6. The lowest BCUT2D eigenvalue weighted by molar-refractivity contribution is -0.118. The van der Waals surface area contributed by atoms with Gasteiger partial charge in [-0.25, -0.2) is 5.43 Å². The Morgan fingerprint density at radius 3 is 2.38 bits per heavy atom. The van der Waals surface area contributed by atoms with Crippen LogP contribution < -0.4 is 25.0 Å². The van der Waals surface area contributed by atoms with E-state index in [-0.39, 0.29) is 12.5 Å². The van der Waals surface area contributed by atoms with Gasteiger partial charge in [0.1, 0.15) is 12.4 Å². The summed E-state index contributed by atoms with van der Waals surface area (Å²) in [5.74, 6) is 0.631. The summed E-state index contributed by atoms with van der Waals surface area (Å²) in [4.78, 5) is 25.1. The summed E-state index contributed by atoms with van der Waals surface area (Å²) in [7, 11) is 0. The summed E-state index contributed by atoms with van der Waals surface area (Å²) in [6.07, 6.45) is 1.44. The van der Waals surface area contributed by atoms with Crippen LogP contribution in [-0.4, -0.2) is 31.2 Å². The number of anilines is 1. The number of ether oxygens (including phenoxy) is 3. The second-order valence-corrected chi connectivity index (χ2v) is 8.83. The van der Waals surface area contributed by atoms with Gasteiger partial charge in [-0.15, -0.1) is 0 Å². The minimum Gasteiger partial charge on any atom is -0.490 e. The molecule has 0 spiro atoms. The molecule has 4 aromatic carbocycles. The van der Waals surface area contributed by atoms with Gasteiger partial charge < -0.3 is 19.5 Å². The maximum absolute atomic E-state index is 12.8. The van der Waals surface area contributed by atoms with Crippen LogP contribution in [0, 0.1) is 0 Å². The molecule has 0 aliphatic carbocycles. The average Bonchev–Trinajstić information content (AvgIpc) is 2.98. The summed E-state index contributed by atoms with van der Waals surface area (Å²) in [6.45, 7) is 2.41. The van der Waals surface area contributed by atoms with Gasteiger partial charge in [-0.2, -0.15) is 5.10 Å². The Morgan fingerprint density at radius 2 is 1.57 bits per heavy atom. The fourth-order valence-electron chi connectivity index (χ4n) is 3.61. The second-order valence-electron chi connectivity index (χ2n) is 8.42. The SMILES string of the molecule is CCOc1cc(C(=O)N/N=C/c2ccccc2OCC(=O)Nc2ccccc2Cl)ccc1OCc1ccccc1. The van der Waals surface area contributed by atoms with E-state index in [1.807, 2.05) is 37.3 Å². The summed E-state index contributed by atoms with van der Waals surface area (Å²) < 4.78 is 17.3. The van der Waals surface area contributed by atoms with E-state index in [1.54, 1.807) is 66.7 Å². The first-order valence-electron chi connectivity index (χ1n) is 12.6. The molecule has 40 heavy (non-hydrogen) atoms. The van der Waals surface area contributed by atoms with Crippen molar-refractivity contribution in [3.05, 3.63) is 119 Å². The predicted molar refractivity (Wildman–Crippen MR) is 155 cm³/mol. The number of nitrogens with zero attached hydrogens (tertiary/aromatic N) is 1. The molecule has 8 nitrogen and oxygen atoms in total. The zero-order valence-electron chi connectivity index (χ0n) is 21.8. The third-order valence-electron chi connectivity index (χ3n) is 5.54. The van der Waals surface area contributed by atoms with Gasteiger partial charge in [0.25, 0.3) is 11.8 Å². The monoisotopic (exact) mass is 557 g/mol. The molecule has 0 heterocycles. The van der Waals surface area contributed by atoms with Crippen molar-refractivity contribution in [3.8, 4) is 17.2 Å². The van der Waals surface area contributed by atoms with E-state index >= 15 is 0 Å². The van der Waals surface area contributed by atoms with Crippen LogP contribution in [0.3, 0.4) is 0 Å². The van der Waals surface area contributed by atoms with Gasteiger partial charge in [-0.05, 0) is 55.0 Å². The Morgan fingerprint density at radius 1 is 0.825 bits per heavy atom. The molecule has 4 aromatic rings. The van der Waals surface area contributed by atoms with Gasteiger partial charge in [-0.3, -0.25) is 9.59 Å². The standard InChI is InChI=1S/C31H28ClN3O5/c1-2-38-29-18-23(16-17-28(29)39-20-22-10-4-3-5-11-22)31(37)35-33-19-24-12-6-9-15-27(24)40-21-30(36)34-26-14-8-7-13-25(26)32/h3-19H,2,20-21H2,1H3,(H,34,36)(H,35,37)/b33-19+. The van der Waals surface area contributed by atoms with E-state index in [0.717, 1.165) is 5.56 Å². The number of carbonyl (C=O) groups excluding carboxylic acids is 2. The van der Waals surface area contributed by atoms with E-state index in [4.69, 9.17) is 25.8 Å². The van der Waals surface area contributed by atoms with Crippen LogP contribution in [0.15, 0.2) is 102 Å². The summed E-state index contributed by atoms with van der Waals surface area (Å²) in [5, 5.41) is 7.20. The van der Waals surface area contributed by atoms with Crippen molar-refractivity contribution in [1.82, 2.24) is 5.43 Å². The molecule has 0 saturated carbocycles. The number of para-hydroxylation sites is 2.